The standard InChI is InChI=1S/C27H21FN2O5/c1-4-11-34-20-8-6-16(12-21(20)33-3)24-23-25(31)18-13-17(28)7-9-19(18)35-26(23)27(32)30(24)22-10-5-15(2)14-29-22/h4-10,12-14,24H,1,11H2,2-3H3/t24-/m1/s1. The number of fused-ring (bicyclic) bond motifs is 2. The van der Waals surface area contributed by atoms with E-state index in [1.165, 1.54) is 24.1 Å². The molecule has 1 aliphatic heterocycles. The minimum atomic E-state index is -0.876. The summed E-state index contributed by atoms with van der Waals surface area (Å²) in [6, 6.07) is 11.4. The highest BCUT2D eigenvalue weighted by molar-refractivity contribution is 6.10. The van der Waals surface area contributed by atoms with Crippen molar-refractivity contribution in [2.75, 3.05) is 18.6 Å². The first-order chi connectivity index (χ1) is 16.9. The van der Waals surface area contributed by atoms with Crippen molar-refractivity contribution in [3.63, 3.8) is 0 Å². The second-order valence-corrected chi connectivity index (χ2v) is 8.10. The summed E-state index contributed by atoms with van der Waals surface area (Å²) in [4.78, 5) is 33.0. The Balaban J connectivity index is 1.76. The van der Waals surface area contributed by atoms with Crippen LogP contribution in [0.3, 0.4) is 0 Å². The fourth-order valence-electron chi connectivity index (χ4n) is 4.22. The molecule has 1 aliphatic rings. The van der Waals surface area contributed by atoms with Gasteiger partial charge in [0.1, 0.15) is 23.8 Å². The summed E-state index contributed by atoms with van der Waals surface area (Å²) in [5.41, 5.74) is 1.24. The van der Waals surface area contributed by atoms with E-state index in [0.29, 0.717) is 22.9 Å². The Hall–Kier alpha value is -4.46. The molecule has 0 aliphatic carbocycles. The van der Waals surface area contributed by atoms with Crippen LogP contribution in [0.2, 0.25) is 0 Å². The van der Waals surface area contributed by atoms with Crippen molar-refractivity contribution in [2.45, 2.75) is 13.0 Å². The molecule has 0 unspecified atom stereocenters. The minimum Gasteiger partial charge on any atom is -0.493 e. The van der Waals surface area contributed by atoms with Gasteiger partial charge in [0.15, 0.2) is 16.9 Å². The monoisotopic (exact) mass is 472 g/mol. The molecule has 4 aromatic rings. The van der Waals surface area contributed by atoms with E-state index in [9.17, 15) is 14.0 Å². The molecular weight excluding hydrogens is 451 g/mol. The van der Waals surface area contributed by atoms with E-state index < -0.39 is 23.2 Å². The maximum Gasteiger partial charge on any atom is 0.296 e. The van der Waals surface area contributed by atoms with Crippen molar-refractivity contribution >= 4 is 22.7 Å². The summed E-state index contributed by atoms with van der Waals surface area (Å²) in [6.45, 7) is 5.81. The summed E-state index contributed by atoms with van der Waals surface area (Å²) < 4.78 is 31.0. The van der Waals surface area contributed by atoms with Gasteiger partial charge in [0.05, 0.1) is 24.1 Å². The van der Waals surface area contributed by atoms with Crippen molar-refractivity contribution in [2.24, 2.45) is 0 Å². The second kappa shape index (κ2) is 8.72. The van der Waals surface area contributed by atoms with Crippen molar-refractivity contribution in [3.05, 3.63) is 106 Å². The normalized spacial score (nSPS) is 14.8. The molecule has 0 saturated carbocycles. The van der Waals surface area contributed by atoms with Crippen LogP contribution in [0.25, 0.3) is 11.0 Å². The summed E-state index contributed by atoms with van der Waals surface area (Å²) in [5.74, 6) is 0.0420. The number of rotatable bonds is 6. The van der Waals surface area contributed by atoms with Gasteiger partial charge in [-0.25, -0.2) is 9.37 Å². The van der Waals surface area contributed by atoms with Crippen LogP contribution in [0, 0.1) is 12.7 Å². The van der Waals surface area contributed by atoms with Gasteiger partial charge in [-0.15, -0.1) is 0 Å². The molecule has 1 atom stereocenters. The number of hydrogen-bond acceptors (Lipinski definition) is 6. The molecule has 8 heteroatoms. The first-order valence-corrected chi connectivity index (χ1v) is 10.9. The Bertz CT molecular complexity index is 1530. The van der Waals surface area contributed by atoms with Gasteiger partial charge in [-0.1, -0.05) is 24.8 Å². The molecule has 0 fully saturated rings. The fourth-order valence-corrected chi connectivity index (χ4v) is 4.22. The topological polar surface area (TPSA) is 81.9 Å². The van der Waals surface area contributed by atoms with Gasteiger partial charge in [-0.3, -0.25) is 14.5 Å². The van der Waals surface area contributed by atoms with Gasteiger partial charge in [-0.05, 0) is 54.4 Å². The van der Waals surface area contributed by atoms with Gasteiger partial charge < -0.3 is 13.9 Å². The molecule has 0 radical (unpaired) electrons. The van der Waals surface area contributed by atoms with Gasteiger partial charge in [0.2, 0.25) is 5.76 Å². The molecule has 3 heterocycles. The summed E-state index contributed by atoms with van der Waals surface area (Å²) in [7, 11) is 1.50. The lowest BCUT2D eigenvalue weighted by Crippen LogP contribution is -2.30. The van der Waals surface area contributed by atoms with E-state index in [-0.39, 0.29) is 28.9 Å². The van der Waals surface area contributed by atoms with Crippen LogP contribution in [0.5, 0.6) is 11.5 Å². The lowest BCUT2D eigenvalue weighted by molar-refractivity contribution is 0.0970. The number of hydrogen-bond donors (Lipinski definition) is 0. The number of halogens is 1. The molecule has 0 spiro atoms. The molecule has 2 aromatic heterocycles. The molecule has 0 bridgehead atoms. The molecule has 176 valence electrons. The Kier molecular flexibility index (Phi) is 5.56. The van der Waals surface area contributed by atoms with Crippen molar-refractivity contribution in [3.8, 4) is 11.5 Å². The van der Waals surface area contributed by atoms with Crippen LogP contribution >= 0.6 is 0 Å². The average Bonchev–Trinajstić information content (AvgIpc) is 3.16. The highest BCUT2D eigenvalue weighted by Gasteiger charge is 2.44. The quantitative estimate of drug-likeness (QED) is 0.369. The number of carbonyl (C=O) groups excluding carboxylic acids is 1. The number of pyridine rings is 1. The first-order valence-electron chi connectivity index (χ1n) is 10.9. The van der Waals surface area contributed by atoms with E-state index in [4.69, 9.17) is 13.9 Å². The highest BCUT2D eigenvalue weighted by atomic mass is 19.1. The van der Waals surface area contributed by atoms with E-state index in [1.807, 2.05) is 13.0 Å². The molecule has 0 N–H and O–H groups in total. The van der Waals surface area contributed by atoms with Gasteiger partial charge in [0, 0.05) is 6.20 Å². The third kappa shape index (κ3) is 3.73. The Morgan fingerprint density at radius 3 is 2.69 bits per heavy atom. The number of anilines is 1. The molecule has 5 rings (SSSR count). The molecule has 2 aromatic carbocycles. The van der Waals surface area contributed by atoms with E-state index in [0.717, 1.165) is 11.6 Å². The number of amides is 1. The Labute approximate surface area is 200 Å². The number of methoxy groups -OCH3 is 1. The second-order valence-electron chi connectivity index (χ2n) is 8.10. The number of carbonyl (C=O) groups is 1. The van der Waals surface area contributed by atoms with Crippen molar-refractivity contribution in [1.29, 1.82) is 0 Å². The van der Waals surface area contributed by atoms with E-state index in [2.05, 4.69) is 11.6 Å². The largest absolute Gasteiger partial charge is 0.493 e. The van der Waals surface area contributed by atoms with Crippen LogP contribution in [0.1, 0.15) is 33.3 Å². The van der Waals surface area contributed by atoms with E-state index in [1.54, 1.807) is 36.5 Å². The highest BCUT2D eigenvalue weighted by Crippen LogP contribution is 2.42. The predicted molar refractivity (Wildman–Crippen MR) is 129 cm³/mol. The third-order valence-electron chi connectivity index (χ3n) is 5.83. The summed E-state index contributed by atoms with van der Waals surface area (Å²) in [6.07, 6.45) is 3.25. The van der Waals surface area contributed by atoms with Gasteiger partial charge >= 0.3 is 0 Å². The van der Waals surface area contributed by atoms with Crippen LogP contribution in [-0.4, -0.2) is 24.6 Å². The zero-order chi connectivity index (χ0) is 24.7. The zero-order valence-electron chi connectivity index (χ0n) is 19.1. The third-order valence-corrected chi connectivity index (χ3v) is 5.83. The maximum absolute atomic E-state index is 14.0. The van der Waals surface area contributed by atoms with Crippen LogP contribution in [0.15, 0.2) is 76.6 Å². The number of nitrogens with zero attached hydrogens (tertiary/aromatic N) is 2. The summed E-state index contributed by atoms with van der Waals surface area (Å²) in [5, 5.41) is 0.0539. The number of benzene rings is 2. The molecule has 35 heavy (non-hydrogen) atoms. The average molecular weight is 472 g/mol. The van der Waals surface area contributed by atoms with Crippen LogP contribution < -0.4 is 19.8 Å². The molecule has 1 amide bonds. The minimum absolute atomic E-state index is 0.0539. The van der Waals surface area contributed by atoms with E-state index >= 15 is 0 Å². The number of aromatic nitrogens is 1. The van der Waals surface area contributed by atoms with Gasteiger partial charge in [0.25, 0.3) is 5.91 Å². The SMILES string of the molecule is C=CCOc1ccc([C@@H]2c3c(oc4ccc(F)cc4c3=O)C(=O)N2c2ccc(C)cn2)cc1OC. The lowest BCUT2D eigenvalue weighted by atomic mass is 9.98. The fraction of sp³-hybridized carbons (Fsp3) is 0.148. The van der Waals surface area contributed by atoms with Crippen LogP contribution in [0.4, 0.5) is 10.2 Å². The maximum atomic E-state index is 14.0. The zero-order valence-corrected chi connectivity index (χ0v) is 19.1. The molecule has 7 nitrogen and oxygen atoms in total. The Morgan fingerprint density at radius 2 is 1.97 bits per heavy atom. The Morgan fingerprint density at radius 1 is 1.14 bits per heavy atom. The predicted octanol–water partition coefficient (Wildman–Crippen LogP) is 4.96. The van der Waals surface area contributed by atoms with Crippen LogP contribution in [-0.2, 0) is 0 Å². The molecular formula is C27H21FN2O5. The van der Waals surface area contributed by atoms with Crippen molar-refractivity contribution in [1.82, 2.24) is 4.98 Å². The van der Waals surface area contributed by atoms with Gasteiger partial charge in [-0.2, -0.15) is 0 Å². The van der Waals surface area contributed by atoms with Crippen molar-refractivity contribution < 1.29 is 23.1 Å². The number of ether oxygens (including phenoxy) is 2. The first kappa shape index (κ1) is 22.3. The smallest absolute Gasteiger partial charge is 0.296 e. The molecule has 0 saturated heterocycles. The summed E-state index contributed by atoms with van der Waals surface area (Å²) >= 11 is 0. The lowest BCUT2D eigenvalue weighted by Gasteiger charge is -2.25. The number of aryl methyl sites for hydroxylation is 1.